The smallest absolute Gasteiger partial charge is 0.267 e. The van der Waals surface area contributed by atoms with Crippen LogP contribution in [0.25, 0.3) is 0 Å². The van der Waals surface area contributed by atoms with Crippen molar-refractivity contribution >= 4 is 5.91 Å². The van der Waals surface area contributed by atoms with Gasteiger partial charge in [0.25, 0.3) is 5.91 Å². The monoisotopic (exact) mass is 236 g/mol. The maximum atomic E-state index is 11.8. The average Bonchev–Trinajstić information content (AvgIpc) is 2.28. The quantitative estimate of drug-likeness (QED) is 0.807. The van der Waals surface area contributed by atoms with E-state index in [0.717, 1.165) is 19.3 Å². The van der Waals surface area contributed by atoms with Crippen LogP contribution in [0.5, 0.6) is 0 Å². The molecule has 92 valence electrons. The second-order valence-electron chi connectivity index (χ2n) is 4.35. The Morgan fingerprint density at radius 2 is 2.29 bits per heavy atom. The third kappa shape index (κ3) is 2.55. The number of aromatic nitrogens is 1. The summed E-state index contributed by atoms with van der Waals surface area (Å²) in [6.45, 7) is 0.485. The molecule has 5 heteroatoms. The van der Waals surface area contributed by atoms with Crippen molar-refractivity contribution in [2.45, 2.75) is 24.9 Å². The minimum atomic E-state index is -0.275. The first kappa shape index (κ1) is 11.9. The lowest BCUT2D eigenvalue weighted by atomic mass is 9.80. The maximum absolute atomic E-state index is 11.8. The molecule has 5 nitrogen and oxygen atoms in total. The number of ether oxygens (including phenoxy) is 1. The first-order valence-corrected chi connectivity index (χ1v) is 5.68. The predicted octanol–water partition coefficient (Wildman–Crippen LogP) is 0.674. The van der Waals surface area contributed by atoms with Gasteiger partial charge in [0.05, 0.1) is 5.60 Å². The number of amides is 1. The molecular weight excluding hydrogens is 220 g/mol. The van der Waals surface area contributed by atoms with Gasteiger partial charge in [-0.3, -0.25) is 9.59 Å². The minimum absolute atomic E-state index is 0.204. The highest BCUT2D eigenvalue weighted by Gasteiger charge is 2.37. The van der Waals surface area contributed by atoms with Crippen LogP contribution in [0, 0.1) is 0 Å². The van der Waals surface area contributed by atoms with Crippen molar-refractivity contribution in [2.24, 2.45) is 0 Å². The van der Waals surface area contributed by atoms with Crippen molar-refractivity contribution in [3.8, 4) is 0 Å². The fraction of sp³-hybridized carbons (Fsp3) is 0.500. The molecule has 17 heavy (non-hydrogen) atoms. The summed E-state index contributed by atoms with van der Waals surface area (Å²) in [5, 5.41) is 2.79. The largest absolute Gasteiger partial charge is 0.376 e. The molecule has 0 unspecified atom stereocenters. The molecule has 0 bridgehead atoms. The lowest BCUT2D eigenvalue weighted by Crippen LogP contribution is -2.49. The van der Waals surface area contributed by atoms with E-state index in [1.54, 1.807) is 19.2 Å². The molecule has 1 fully saturated rings. The van der Waals surface area contributed by atoms with Crippen molar-refractivity contribution in [1.29, 1.82) is 0 Å². The Balaban J connectivity index is 1.95. The fourth-order valence-electron chi connectivity index (χ4n) is 1.94. The number of carbonyl (C=O) groups excluding carboxylic acids is 1. The van der Waals surface area contributed by atoms with Gasteiger partial charge in [-0.25, -0.2) is 0 Å². The van der Waals surface area contributed by atoms with Gasteiger partial charge in [-0.05, 0) is 25.3 Å². The van der Waals surface area contributed by atoms with Crippen LogP contribution in [-0.2, 0) is 4.74 Å². The van der Waals surface area contributed by atoms with Gasteiger partial charge in [0, 0.05) is 19.7 Å². The molecule has 2 rings (SSSR count). The Bertz CT molecular complexity index is 457. The van der Waals surface area contributed by atoms with Crippen molar-refractivity contribution in [1.82, 2.24) is 10.3 Å². The Labute approximate surface area is 99.2 Å². The number of nitrogens with one attached hydrogen (secondary N) is 2. The van der Waals surface area contributed by atoms with Gasteiger partial charge in [-0.15, -0.1) is 0 Å². The zero-order valence-corrected chi connectivity index (χ0v) is 9.79. The number of H-pyrrole nitrogens is 1. The van der Waals surface area contributed by atoms with Crippen LogP contribution in [0.2, 0.25) is 0 Å². The highest BCUT2D eigenvalue weighted by Crippen LogP contribution is 2.34. The predicted molar refractivity (Wildman–Crippen MR) is 63.0 cm³/mol. The molecule has 1 aromatic heterocycles. The molecule has 1 aliphatic carbocycles. The van der Waals surface area contributed by atoms with Gasteiger partial charge >= 0.3 is 0 Å². The number of aromatic amines is 1. The normalized spacial score (nSPS) is 17.2. The number of hydrogen-bond acceptors (Lipinski definition) is 3. The number of carbonyl (C=O) groups is 1. The lowest BCUT2D eigenvalue weighted by molar-refractivity contribution is -0.0679. The summed E-state index contributed by atoms with van der Waals surface area (Å²) >= 11 is 0. The molecule has 0 atom stereocenters. The Morgan fingerprint density at radius 3 is 2.82 bits per heavy atom. The van der Waals surface area contributed by atoms with E-state index in [-0.39, 0.29) is 22.8 Å². The molecule has 1 amide bonds. The van der Waals surface area contributed by atoms with Crippen LogP contribution >= 0.6 is 0 Å². The molecule has 0 radical (unpaired) electrons. The Kier molecular flexibility index (Phi) is 3.28. The van der Waals surface area contributed by atoms with Crippen LogP contribution in [0.3, 0.4) is 0 Å². The van der Waals surface area contributed by atoms with E-state index in [1.807, 2.05) is 0 Å². The minimum Gasteiger partial charge on any atom is -0.376 e. The molecule has 1 heterocycles. The lowest BCUT2D eigenvalue weighted by Gasteiger charge is -2.40. The summed E-state index contributed by atoms with van der Waals surface area (Å²) in [6, 6.07) is 4.51. The van der Waals surface area contributed by atoms with Crippen LogP contribution in [-0.4, -0.2) is 30.1 Å². The van der Waals surface area contributed by atoms with Gasteiger partial charge in [0.1, 0.15) is 5.69 Å². The third-order valence-corrected chi connectivity index (χ3v) is 3.28. The van der Waals surface area contributed by atoms with Crippen molar-refractivity contribution in [2.75, 3.05) is 13.7 Å². The summed E-state index contributed by atoms with van der Waals surface area (Å²) in [6.07, 6.45) is 3.07. The van der Waals surface area contributed by atoms with E-state index in [2.05, 4.69) is 10.3 Å². The van der Waals surface area contributed by atoms with Crippen molar-refractivity contribution in [3.63, 3.8) is 0 Å². The molecule has 0 aliphatic heterocycles. The fourth-order valence-corrected chi connectivity index (χ4v) is 1.94. The van der Waals surface area contributed by atoms with Crippen LogP contribution in [0.15, 0.2) is 23.0 Å². The molecule has 0 saturated heterocycles. The van der Waals surface area contributed by atoms with E-state index >= 15 is 0 Å². The molecule has 1 saturated carbocycles. The van der Waals surface area contributed by atoms with Gasteiger partial charge in [0.2, 0.25) is 5.56 Å². The number of hydrogen-bond donors (Lipinski definition) is 2. The standard InChI is InChI=1S/C12H16N2O3/c1-17-12(6-3-7-12)8-13-11(16)9-4-2-5-10(15)14-9/h2,4-5H,3,6-8H2,1H3,(H,13,16)(H,14,15). The first-order chi connectivity index (χ1) is 8.15. The van der Waals surface area contributed by atoms with E-state index in [1.165, 1.54) is 6.07 Å². The zero-order chi connectivity index (χ0) is 12.3. The third-order valence-electron chi connectivity index (χ3n) is 3.28. The van der Waals surface area contributed by atoms with Crippen molar-refractivity contribution < 1.29 is 9.53 Å². The molecule has 1 aliphatic rings. The number of pyridine rings is 1. The second-order valence-corrected chi connectivity index (χ2v) is 4.35. The summed E-state index contributed by atoms with van der Waals surface area (Å²) in [5.41, 5.74) is -0.198. The average molecular weight is 236 g/mol. The molecule has 1 aromatic rings. The van der Waals surface area contributed by atoms with E-state index in [0.29, 0.717) is 6.54 Å². The highest BCUT2D eigenvalue weighted by molar-refractivity contribution is 5.92. The van der Waals surface area contributed by atoms with Gasteiger partial charge in [-0.2, -0.15) is 0 Å². The van der Waals surface area contributed by atoms with E-state index < -0.39 is 0 Å². The number of methoxy groups -OCH3 is 1. The van der Waals surface area contributed by atoms with Crippen LogP contribution in [0.4, 0.5) is 0 Å². The Hall–Kier alpha value is -1.62. The summed E-state index contributed by atoms with van der Waals surface area (Å²) < 4.78 is 5.40. The molecule has 0 spiro atoms. The summed E-state index contributed by atoms with van der Waals surface area (Å²) in [4.78, 5) is 25.3. The molecular formula is C12H16N2O3. The summed E-state index contributed by atoms with van der Waals surface area (Å²) in [7, 11) is 1.66. The van der Waals surface area contributed by atoms with Crippen molar-refractivity contribution in [3.05, 3.63) is 34.2 Å². The first-order valence-electron chi connectivity index (χ1n) is 5.68. The maximum Gasteiger partial charge on any atom is 0.267 e. The van der Waals surface area contributed by atoms with Gasteiger partial charge in [0.15, 0.2) is 0 Å². The van der Waals surface area contributed by atoms with Crippen LogP contribution < -0.4 is 10.9 Å². The topological polar surface area (TPSA) is 71.2 Å². The number of rotatable bonds is 4. The van der Waals surface area contributed by atoms with E-state index in [9.17, 15) is 9.59 Å². The van der Waals surface area contributed by atoms with Crippen LogP contribution in [0.1, 0.15) is 29.8 Å². The van der Waals surface area contributed by atoms with Gasteiger partial charge in [-0.1, -0.05) is 6.07 Å². The molecule has 0 aromatic carbocycles. The van der Waals surface area contributed by atoms with Gasteiger partial charge < -0.3 is 15.0 Å². The van der Waals surface area contributed by atoms with E-state index in [4.69, 9.17) is 4.74 Å². The zero-order valence-electron chi connectivity index (χ0n) is 9.79. The summed E-state index contributed by atoms with van der Waals surface area (Å²) in [5.74, 6) is -0.272. The highest BCUT2D eigenvalue weighted by atomic mass is 16.5. The SMILES string of the molecule is COC1(CNC(=O)c2cccc(=O)[nH]2)CCC1. The molecule has 2 N–H and O–H groups in total. The Morgan fingerprint density at radius 1 is 1.53 bits per heavy atom. The second kappa shape index (κ2) is 4.71.